The molecule has 1 amide bonds. The van der Waals surface area contributed by atoms with Gasteiger partial charge in [0, 0.05) is 5.56 Å². The monoisotopic (exact) mass is 477 g/mol. The maximum absolute atomic E-state index is 13.4. The van der Waals surface area contributed by atoms with Gasteiger partial charge >= 0.3 is 0 Å². The van der Waals surface area contributed by atoms with Crippen LogP contribution in [0.15, 0.2) is 72.3 Å². The molecule has 0 radical (unpaired) electrons. The van der Waals surface area contributed by atoms with Crippen molar-refractivity contribution < 1.29 is 24.2 Å². The SMILES string of the molecule is CCOc1ccc(Cl)c(/C(O)=C2\C(=O)C(=O)N(c3ccccc3OC)C2c2cccc(C)c2)c1. The number of anilines is 1. The topological polar surface area (TPSA) is 76.1 Å². The highest BCUT2D eigenvalue weighted by atomic mass is 35.5. The Morgan fingerprint density at radius 1 is 1.06 bits per heavy atom. The summed E-state index contributed by atoms with van der Waals surface area (Å²) in [6.07, 6.45) is 0. The summed E-state index contributed by atoms with van der Waals surface area (Å²) in [5.41, 5.74) is 2.19. The number of nitrogens with zero attached hydrogens (tertiary/aromatic N) is 1. The van der Waals surface area contributed by atoms with Crippen LogP contribution >= 0.6 is 11.6 Å². The number of hydrogen-bond donors (Lipinski definition) is 1. The van der Waals surface area contributed by atoms with Gasteiger partial charge in [-0.15, -0.1) is 0 Å². The lowest BCUT2D eigenvalue weighted by Crippen LogP contribution is -2.29. The Morgan fingerprint density at radius 3 is 2.53 bits per heavy atom. The second-order valence-corrected chi connectivity index (χ2v) is 8.24. The number of ketones is 1. The van der Waals surface area contributed by atoms with Crippen LogP contribution in [0.4, 0.5) is 5.69 Å². The number of benzene rings is 3. The number of ether oxygens (including phenoxy) is 2. The van der Waals surface area contributed by atoms with E-state index in [1.165, 1.54) is 12.0 Å². The van der Waals surface area contributed by atoms with Gasteiger partial charge in [-0.2, -0.15) is 0 Å². The highest BCUT2D eigenvalue weighted by Gasteiger charge is 2.48. The molecule has 0 aliphatic carbocycles. The number of hydrogen-bond acceptors (Lipinski definition) is 5. The van der Waals surface area contributed by atoms with E-state index in [1.807, 2.05) is 38.1 Å². The van der Waals surface area contributed by atoms with Crippen molar-refractivity contribution in [3.8, 4) is 11.5 Å². The average Bonchev–Trinajstić information content (AvgIpc) is 3.10. The maximum Gasteiger partial charge on any atom is 0.300 e. The van der Waals surface area contributed by atoms with Crippen LogP contribution in [0.2, 0.25) is 5.02 Å². The van der Waals surface area contributed by atoms with E-state index in [0.717, 1.165) is 5.56 Å². The first-order chi connectivity index (χ1) is 16.4. The molecule has 0 spiro atoms. The van der Waals surface area contributed by atoms with Gasteiger partial charge in [0.25, 0.3) is 11.7 Å². The minimum atomic E-state index is -0.886. The molecule has 0 aromatic heterocycles. The number of halogens is 1. The second kappa shape index (κ2) is 9.61. The van der Waals surface area contributed by atoms with Crippen molar-refractivity contribution in [2.45, 2.75) is 19.9 Å². The summed E-state index contributed by atoms with van der Waals surface area (Å²) in [5.74, 6) is -1.03. The first-order valence-electron chi connectivity index (χ1n) is 10.8. The van der Waals surface area contributed by atoms with Crippen molar-refractivity contribution in [1.82, 2.24) is 0 Å². The van der Waals surface area contributed by atoms with Gasteiger partial charge in [-0.05, 0) is 49.7 Å². The summed E-state index contributed by atoms with van der Waals surface area (Å²) in [6, 6.07) is 18.3. The van der Waals surface area contributed by atoms with Gasteiger partial charge in [-0.25, -0.2) is 0 Å². The molecule has 34 heavy (non-hydrogen) atoms. The predicted molar refractivity (Wildman–Crippen MR) is 132 cm³/mol. The first kappa shape index (κ1) is 23.4. The fourth-order valence-corrected chi connectivity index (χ4v) is 4.36. The highest BCUT2D eigenvalue weighted by molar-refractivity contribution is 6.52. The number of carbonyl (C=O) groups excluding carboxylic acids is 2. The third kappa shape index (κ3) is 4.13. The normalized spacial score (nSPS) is 17.2. The Bertz CT molecular complexity index is 1300. The van der Waals surface area contributed by atoms with E-state index in [-0.39, 0.29) is 21.9 Å². The molecular weight excluding hydrogens is 454 g/mol. The van der Waals surface area contributed by atoms with Gasteiger partial charge in [0.1, 0.15) is 17.3 Å². The Morgan fingerprint density at radius 2 is 1.82 bits per heavy atom. The number of Topliss-reactive ketones (excluding diaryl/α,β-unsaturated/α-hetero) is 1. The number of carbonyl (C=O) groups is 2. The van der Waals surface area contributed by atoms with E-state index in [1.54, 1.807) is 42.5 Å². The molecule has 6 nitrogen and oxygen atoms in total. The molecule has 1 aliphatic rings. The molecule has 1 heterocycles. The summed E-state index contributed by atoms with van der Waals surface area (Å²) < 4.78 is 11.0. The Hall–Kier alpha value is -3.77. The fourth-order valence-electron chi connectivity index (χ4n) is 4.15. The molecule has 1 unspecified atom stereocenters. The first-order valence-corrected chi connectivity index (χ1v) is 11.2. The van der Waals surface area contributed by atoms with Crippen molar-refractivity contribution in [1.29, 1.82) is 0 Å². The van der Waals surface area contributed by atoms with Gasteiger partial charge in [0.15, 0.2) is 0 Å². The summed E-state index contributed by atoms with van der Waals surface area (Å²) in [7, 11) is 1.50. The molecule has 1 saturated heterocycles. The van der Waals surface area contributed by atoms with Crippen molar-refractivity contribution in [2.24, 2.45) is 0 Å². The van der Waals surface area contributed by atoms with Crippen molar-refractivity contribution >= 4 is 34.7 Å². The number of amides is 1. The van der Waals surface area contributed by atoms with Crippen LogP contribution in [0.1, 0.15) is 29.7 Å². The molecule has 1 atom stereocenters. The number of methoxy groups -OCH3 is 1. The zero-order valence-electron chi connectivity index (χ0n) is 19.0. The van der Waals surface area contributed by atoms with Crippen LogP contribution < -0.4 is 14.4 Å². The summed E-state index contributed by atoms with van der Waals surface area (Å²) in [5, 5.41) is 11.6. The van der Waals surface area contributed by atoms with Crippen LogP contribution in [0.3, 0.4) is 0 Å². The molecule has 3 aromatic rings. The summed E-state index contributed by atoms with van der Waals surface area (Å²) in [4.78, 5) is 28.1. The highest BCUT2D eigenvalue weighted by Crippen LogP contribution is 2.45. The van der Waals surface area contributed by atoms with E-state index < -0.39 is 17.7 Å². The van der Waals surface area contributed by atoms with Gasteiger partial charge in [-0.1, -0.05) is 53.6 Å². The van der Waals surface area contributed by atoms with E-state index in [9.17, 15) is 14.7 Å². The van der Waals surface area contributed by atoms with Crippen LogP contribution in [-0.2, 0) is 9.59 Å². The molecule has 0 saturated carbocycles. The molecule has 4 rings (SSSR count). The van der Waals surface area contributed by atoms with Gasteiger partial charge in [0.05, 0.1) is 36.0 Å². The minimum Gasteiger partial charge on any atom is -0.507 e. The van der Waals surface area contributed by atoms with Crippen molar-refractivity contribution in [3.05, 3.63) is 94.0 Å². The summed E-state index contributed by atoms with van der Waals surface area (Å²) >= 11 is 6.39. The zero-order chi connectivity index (χ0) is 24.4. The quantitative estimate of drug-likeness (QED) is 0.281. The standard InChI is InChI=1S/C27H24ClNO5/c1-4-34-18-12-13-20(28)19(15-18)25(30)23-24(17-9-7-8-16(2)14-17)29(27(32)26(23)31)21-10-5-6-11-22(21)33-3/h5-15,24,30H,4H2,1-3H3/b25-23+. The Balaban J connectivity index is 1.99. The molecule has 3 aromatic carbocycles. The molecular formula is C27H24ClNO5. The predicted octanol–water partition coefficient (Wildman–Crippen LogP) is 5.68. The van der Waals surface area contributed by atoms with Crippen molar-refractivity contribution in [2.75, 3.05) is 18.6 Å². The number of aliphatic hydroxyl groups excluding tert-OH is 1. The third-order valence-electron chi connectivity index (χ3n) is 5.65. The number of aryl methyl sites for hydroxylation is 1. The number of rotatable bonds is 6. The smallest absolute Gasteiger partial charge is 0.300 e. The molecule has 174 valence electrons. The van der Waals surface area contributed by atoms with Crippen molar-refractivity contribution in [3.63, 3.8) is 0 Å². The van der Waals surface area contributed by atoms with E-state index in [2.05, 4.69) is 0 Å². The molecule has 1 N–H and O–H groups in total. The van der Waals surface area contributed by atoms with E-state index in [4.69, 9.17) is 21.1 Å². The average molecular weight is 478 g/mol. The third-order valence-corrected chi connectivity index (χ3v) is 5.98. The fraction of sp³-hybridized carbons (Fsp3) is 0.185. The van der Waals surface area contributed by atoms with Gasteiger partial charge < -0.3 is 14.6 Å². The minimum absolute atomic E-state index is 0.0583. The number of para-hydroxylation sites is 2. The summed E-state index contributed by atoms with van der Waals surface area (Å²) in [6.45, 7) is 4.18. The van der Waals surface area contributed by atoms with E-state index in [0.29, 0.717) is 29.4 Å². The maximum atomic E-state index is 13.4. The lowest BCUT2D eigenvalue weighted by Gasteiger charge is -2.27. The Kier molecular flexibility index (Phi) is 6.61. The largest absolute Gasteiger partial charge is 0.507 e. The van der Waals surface area contributed by atoms with E-state index >= 15 is 0 Å². The lowest BCUT2D eigenvalue weighted by atomic mass is 9.94. The molecule has 1 fully saturated rings. The van der Waals surface area contributed by atoms with Crippen LogP contribution in [0.25, 0.3) is 5.76 Å². The van der Waals surface area contributed by atoms with Crippen LogP contribution in [0, 0.1) is 6.92 Å². The number of aliphatic hydroxyl groups is 1. The van der Waals surface area contributed by atoms with Crippen LogP contribution in [-0.4, -0.2) is 30.5 Å². The Labute approximate surface area is 203 Å². The van der Waals surface area contributed by atoms with Crippen LogP contribution in [0.5, 0.6) is 11.5 Å². The van der Waals surface area contributed by atoms with Gasteiger partial charge in [-0.3, -0.25) is 14.5 Å². The van der Waals surface area contributed by atoms with Gasteiger partial charge in [0.2, 0.25) is 0 Å². The lowest BCUT2D eigenvalue weighted by molar-refractivity contribution is -0.132. The second-order valence-electron chi connectivity index (χ2n) is 7.83. The molecule has 7 heteroatoms. The molecule has 0 bridgehead atoms. The molecule has 1 aliphatic heterocycles. The zero-order valence-corrected chi connectivity index (χ0v) is 19.8.